The van der Waals surface area contributed by atoms with Gasteiger partial charge in [0.15, 0.2) is 0 Å². The Balaban J connectivity index is 0.000000446. The van der Waals surface area contributed by atoms with Gasteiger partial charge in [0.2, 0.25) is 11.8 Å². The van der Waals surface area contributed by atoms with E-state index in [2.05, 4.69) is 10.3 Å². The fraction of sp³-hybridized carbons (Fsp3) is 0.643. The van der Waals surface area contributed by atoms with Crippen molar-refractivity contribution in [1.29, 1.82) is 0 Å². The number of allylic oxidation sites excluding steroid dienone is 1. The molecule has 0 radical (unpaired) electrons. The van der Waals surface area contributed by atoms with Gasteiger partial charge in [-0.15, -0.1) is 11.8 Å². The summed E-state index contributed by atoms with van der Waals surface area (Å²) in [6, 6.07) is -1.09. The Hall–Kier alpha value is -2.08. The molecule has 0 spiro atoms. The molecule has 2 amide bonds. The number of amides is 2. The van der Waals surface area contributed by atoms with Crippen LogP contribution >= 0.6 is 23.5 Å². The van der Waals surface area contributed by atoms with E-state index in [0.29, 0.717) is 35.8 Å². The van der Waals surface area contributed by atoms with Crippen molar-refractivity contribution in [2.45, 2.75) is 71.1 Å². The van der Waals surface area contributed by atoms with E-state index in [4.69, 9.17) is 16.6 Å². The summed E-state index contributed by atoms with van der Waals surface area (Å²) >= 11 is 2.83. The monoisotopic (exact) mass is 679 g/mol. The van der Waals surface area contributed by atoms with Crippen LogP contribution in [0.2, 0.25) is 0 Å². The smallest absolute Gasteiger partial charge is 0.543 e. The number of aliphatic imine (C=N–C) groups is 1. The van der Waals surface area contributed by atoms with E-state index in [9.17, 15) is 39.3 Å². The normalized spacial score (nSPS) is 22.8. The first kappa shape index (κ1) is 40.9. The molecule has 3 rings (SSSR count). The number of β-lactam (4-membered cyclic amide) rings is 1. The number of thioether (sulfide) groups is 2. The van der Waals surface area contributed by atoms with E-state index in [0.717, 1.165) is 25.0 Å². The van der Waals surface area contributed by atoms with Crippen molar-refractivity contribution in [3.8, 4) is 0 Å². The molecule has 0 aromatic rings. The quantitative estimate of drug-likeness (QED) is 0.0221. The molecule has 246 valence electrons. The predicted octanol–water partition coefficient (Wildman–Crippen LogP) is -3.28. The van der Waals surface area contributed by atoms with Gasteiger partial charge in [0.1, 0.15) is 11.7 Å². The maximum absolute atomic E-state index is 11.9. The minimum atomic E-state index is -1.39. The molecule has 2 fully saturated rings. The maximum atomic E-state index is 11.9. The number of carboxylic acids is 3. The number of nitrogens with one attached hydrogen (secondary N) is 1. The average molecular weight is 680 g/mol. The van der Waals surface area contributed by atoms with Gasteiger partial charge in [-0.3, -0.25) is 19.4 Å². The number of aliphatic hydroxyl groups excluding tert-OH is 1. The van der Waals surface area contributed by atoms with E-state index in [1.165, 1.54) is 40.8 Å². The number of fused-ring (bicyclic) bond motifs is 1. The number of carbonyl (C=O) groups is 5. The van der Waals surface area contributed by atoms with Crippen LogP contribution in [-0.4, -0.2) is 98.3 Å². The van der Waals surface area contributed by atoms with Crippen molar-refractivity contribution in [1.82, 2.24) is 10.2 Å². The van der Waals surface area contributed by atoms with E-state index >= 15 is 0 Å². The average Bonchev–Trinajstić information content (AvgIpc) is 3.46. The standard InChI is InChI=1S/C16H26N2O5S.C12H17N3O4S.Na/c1-16(2)8-10(16)13(19)18-12(15(22)23)6-4-3-5-7-24-9-11(17)14(20)21;1-6(16)9-7-4-8(20-3-2-14-5-13)10(12(18)19)15(7)11(9)17;/h6,10-11H,3-5,7-9,17H2,1-2H3,(H,18,19)(H,20,21)(H,22,23);5-7,9,16H,2-4H2,1H3,(H2,13,14)(H,18,19);/q;;+1/p-1/b12-6-;;/t10-,11+;6-,7-,9-;/m11./s1. The van der Waals surface area contributed by atoms with Crippen LogP contribution in [0.15, 0.2) is 27.4 Å². The van der Waals surface area contributed by atoms with Crippen LogP contribution < -0.4 is 51.4 Å². The van der Waals surface area contributed by atoms with Crippen LogP contribution in [0.1, 0.15) is 52.9 Å². The number of aliphatic carboxylic acids is 3. The Kier molecular flexibility index (Phi) is 17.2. The molecule has 17 heteroatoms. The van der Waals surface area contributed by atoms with Crippen LogP contribution in [0.3, 0.4) is 0 Å². The van der Waals surface area contributed by atoms with Crippen molar-refractivity contribution in [3.63, 3.8) is 0 Å². The molecule has 1 saturated carbocycles. The number of aliphatic hydroxyl groups is 1. The number of hydrogen-bond acceptors (Lipinski definition) is 11. The zero-order valence-corrected chi connectivity index (χ0v) is 29.7. The third-order valence-corrected chi connectivity index (χ3v) is 9.77. The second kappa shape index (κ2) is 18.9. The van der Waals surface area contributed by atoms with Gasteiger partial charge in [0.05, 0.1) is 42.6 Å². The molecule has 14 nitrogen and oxygen atoms in total. The molecular formula is C28H42N5NaO9S2. The number of unbranched alkanes of at least 4 members (excludes halogenated alkanes) is 2. The first-order valence-electron chi connectivity index (χ1n) is 14.2. The molecule has 0 aromatic carbocycles. The zero-order chi connectivity index (χ0) is 33.2. The molecule has 1 aliphatic carbocycles. The number of rotatable bonds is 17. The predicted molar refractivity (Wildman–Crippen MR) is 165 cm³/mol. The number of carbonyl (C=O) groups excluding carboxylic acids is 3. The molecule has 2 aliphatic heterocycles. The molecule has 3 aliphatic rings. The zero-order valence-electron chi connectivity index (χ0n) is 26.1. The second-order valence-electron chi connectivity index (χ2n) is 11.4. The molecule has 0 aromatic heterocycles. The summed E-state index contributed by atoms with van der Waals surface area (Å²) in [6.45, 7) is 5.98. The molecule has 0 unspecified atom stereocenters. The third kappa shape index (κ3) is 11.9. The number of nitrogens with two attached hydrogens (primary N) is 2. The molecular weight excluding hydrogens is 637 g/mol. The summed E-state index contributed by atoms with van der Waals surface area (Å²) in [5.74, 6) is -3.02. The summed E-state index contributed by atoms with van der Waals surface area (Å²) < 4.78 is 0. The van der Waals surface area contributed by atoms with Crippen molar-refractivity contribution in [3.05, 3.63) is 22.4 Å². The number of carboxylic acid groups (broad SMARTS) is 3. The van der Waals surface area contributed by atoms with Gasteiger partial charge in [-0.1, -0.05) is 19.9 Å². The summed E-state index contributed by atoms with van der Waals surface area (Å²) in [7, 11) is 0. The molecule has 0 bridgehead atoms. The maximum Gasteiger partial charge on any atom is 1.00 e. The van der Waals surface area contributed by atoms with Gasteiger partial charge in [-0.25, -0.2) is 4.79 Å². The van der Waals surface area contributed by atoms with Crippen LogP contribution in [0.5, 0.6) is 0 Å². The van der Waals surface area contributed by atoms with Gasteiger partial charge in [-0.2, -0.15) is 11.8 Å². The summed E-state index contributed by atoms with van der Waals surface area (Å²) in [5.41, 5.74) is 10.3. The van der Waals surface area contributed by atoms with Crippen LogP contribution in [-0.2, 0) is 24.0 Å². The van der Waals surface area contributed by atoms with Gasteiger partial charge in [-0.05, 0) is 43.8 Å². The van der Waals surface area contributed by atoms with Crippen LogP contribution in [0.25, 0.3) is 0 Å². The van der Waals surface area contributed by atoms with Crippen LogP contribution in [0.4, 0.5) is 0 Å². The van der Waals surface area contributed by atoms with E-state index < -0.39 is 36.0 Å². The molecule has 45 heavy (non-hydrogen) atoms. The van der Waals surface area contributed by atoms with Crippen molar-refractivity contribution < 1.29 is 74.0 Å². The summed E-state index contributed by atoms with van der Waals surface area (Å²) in [5, 5.41) is 41.0. The second-order valence-corrected chi connectivity index (χ2v) is 13.7. The van der Waals surface area contributed by atoms with Gasteiger partial charge >= 0.3 is 41.5 Å². The Bertz CT molecular complexity index is 1190. The van der Waals surface area contributed by atoms with E-state index in [1.54, 1.807) is 6.92 Å². The Morgan fingerprint density at radius 3 is 2.38 bits per heavy atom. The van der Waals surface area contributed by atoms with Crippen molar-refractivity contribution >= 4 is 59.6 Å². The molecule has 8 N–H and O–H groups in total. The molecule has 5 atom stereocenters. The minimum absolute atomic E-state index is 0. The van der Waals surface area contributed by atoms with E-state index in [1.807, 2.05) is 13.8 Å². The van der Waals surface area contributed by atoms with Gasteiger partial charge in [0, 0.05) is 28.7 Å². The third-order valence-electron chi connectivity index (χ3n) is 7.51. The Labute approximate surface area is 293 Å². The topological polar surface area (TPSA) is 249 Å². The minimum Gasteiger partial charge on any atom is -0.543 e. The SMILES string of the molecule is CC1(C)C[C@@H]1C(=O)N/C(=C\CCCCSC[C@H](N)C(=O)O)C(=O)[O-].C[C@@H](O)[C@H]1C(=O)N2C(C(=O)O)=C(SCCN=CN)C[C@H]12.[Na+]. The largest absolute Gasteiger partial charge is 1.00 e. The van der Waals surface area contributed by atoms with E-state index in [-0.39, 0.29) is 70.1 Å². The molecule has 2 heterocycles. The molecule has 1 saturated heterocycles. The van der Waals surface area contributed by atoms with Gasteiger partial charge in [0.25, 0.3) is 0 Å². The number of nitrogens with zero attached hydrogens (tertiary/aromatic N) is 2. The Morgan fingerprint density at radius 1 is 1.22 bits per heavy atom. The first-order chi connectivity index (χ1) is 20.6. The summed E-state index contributed by atoms with van der Waals surface area (Å²) in [4.78, 5) is 62.6. The fourth-order valence-corrected chi connectivity index (χ4v) is 6.88. The van der Waals surface area contributed by atoms with Crippen molar-refractivity contribution in [2.24, 2.45) is 33.7 Å². The van der Waals surface area contributed by atoms with Gasteiger partial charge < -0.3 is 46.9 Å². The number of hydrogen-bond donors (Lipinski definition) is 6. The Morgan fingerprint density at radius 2 is 1.87 bits per heavy atom. The fourth-order valence-electron chi connectivity index (χ4n) is 4.85. The van der Waals surface area contributed by atoms with Crippen molar-refractivity contribution in [2.75, 3.05) is 23.8 Å². The first-order valence-corrected chi connectivity index (χ1v) is 16.4. The van der Waals surface area contributed by atoms with Crippen LogP contribution in [0, 0.1) is 17.3 Å². The summed E-state index contributed by atoms with van der Waals surface area (Å²) in [6.07, 6.45) is 5.20.